The molecule has 0 aliphatic heterocycles. The number of anilines is 1. The Morgan fingerprint density at radius 1 is 1.06 bits per heavy atom. The van der Waals surface area contributed by atoms with Crippen molar-refractivity contribution in [3.63, 3.8) is 0 Å². The molecule has 0 saturated heterocycles. The Bertz CT molecular complexity index is 318. The Kier molecular flexibility index (Phi) is 7.08. The minimum Gasteiger partial charge on any atom is -0.396 e. The van der Waals surface area contributed by atoms with Gasteiger partial charge in [0.1, 0.15) is 0 Å². The zero-order valence-electron chi connectivity index (χ0n) is 9.18. The third-order valence-corrected chi connectivity index (χ3v) is 3.48. The van der Waals surface area contributed by atoms with Crippen molar-refractivity contribution in [1.29, 1.82) is 0 Å². The monoisotopic (exact) mass is 349 g/mol. The van der Waals surface area contributed by atoms with Crippen molar-refractivity contribution in [2.45, 2.75) is 25.7 Å². The Morgan fingerprint density at radius 2 is 1.81 bits per heavy atom. The second-order valence-corrected chi connectivity index (χ2v) is 5.46. The number of benzene rings is 1. The van der Waals surface area contributed by atoms with Gasteiger partial charge >= 0.3 is 0 Å². The molecule has 0 atom stereocenters. The summed E-state index contributed by atoms with van der Waals surface area (Å²) in [5, 5.41) is 12.0. The van der Waals surface area contributed by atoms with Crippen molar-refractivity contribution in [1.82, 2.24) is 0 Å². The molecule has 2 nitrogen and oxygen atoms in total. The summed E-state index contributed by atoms with van der Waals surface area (Å²) in [5.41, 5.74) is 1.13. The van der Waals surface area contributed by atoms with E-state index in [0.29, 0.717) is 6.61 Å². The maximum Gasteiger partial charge on any atom is 0.0485 e. The molecule has 0 amide bonds. The molecule has 1 aromatic rings. The molecular formula is C12H17Br2NO. The topological polar surface area (TPSA) is 32.3 Å². The summed E-state index contributed by atoms with van der Waals surface area (Å²) in [6, 6.07) is 6.12. The molecule has 1 aromatic carbocycles. The summed E-state index contributed by atoms with van der Waals surface area (Å²) >= 11 is 6.94. The van der Waals surface area contributed by atoms with Gasteiger partial charge in [0.15, 0.2) is 0 Å². The van der Waals surface area contributed by atoms with Crippen molar-refractivity contribution in [2.24, 2.45) is 0 Å². The third-order valence-electron chi connectivity index (χ3n) is 2.33. The SMILES string of the molecule is OCCCCCCNc1ccc(Br)cc1Br. The molecule has 0 bridgehead atoms. The van der Waals surface area contributed by atoms with Gasteiger partial charge in [0.2, 0.25) is 0 Å². The van der Waals surface area contributed by atoms with E-state index in [1.54, 1.807) is 0 Å². The van der Waals surface area contributed by atoms with E-state index in [1.165, 1.54) is 6.42 Å². The van der Waals surface area contributed by atoms with E-state index in [2.05, 4.69) is 43.2 Å². The highest BCUT2D eigenvalue weighted by Crippen LogP contribution is 2.26. The second-order valence-electron chi connectivity index (χ2n) is 3.69. The fraction of sp³-hybridized carbons (Fsp3) is 0.500. The van der Waals surface area contributed by atoms with Gasteiger partial charge in [-0.15, -0.1) is 0 Å². The molecular weight excluding hydrogens is 334 g/mol. The average Bonchev–Trinajstić information content (AvgIpc) is 2.26. The normalized spacial score (nSPS) is 10.4. The standard InChI is InChI=1S/C12H17Br2NO/c13-10-5-6-12(11(14)9-10)15-7-3-1-2-4-8-16/h5-6,9,15-16H,1-4,7-8H2. The third kappa shape index (κ3) is 5.32. The van der Waals surface area contributed by atoms with Crippen molar-refractivity contribution in [2.75, 3.05) is 18.5 Å². The fourth-order valence-electron chi connectivity index (χ4n) is 1.45. The van der Waals surface area contributed by atoms with Gasteiger partial charge in [-0.2, -0.15) is 0 Å². The predicted octanol–water partition coefficient (Wildman–Crippen LogP) is 4.18. The highest BCUT2D eigenvalue weighted by Gasteiger charge is 1.99. The number of rotatable bonds is 7. The lowest BCUT2D eigenvalue weighted by atomic mass is 10.2. The molecule has 0 aliphatic carbocycles. The van der Waals surface area contributed by atoms with Gasteiger partial charge in [0.25, 0.3) is 0 Å². The lowest BCUT2D eigenvalue weighted by Gasteiger charge is -2.08. The molecule has 90 valence electrons. The molecule has 16 heavy (non-hydrogen) atoms. The van der Waals surface area contributed by atoms with Crippen LogP contribution in [0.4, 0.5) is 5.69 Å². The van der Waals surface area contributed by atoms with E-state index in [4.69, 9.17) is 5.11 Å². The van der Waals surface area contributed by atoms with Crippen LogP contribution in [0.5, 0.6) is 0 Å². The van der Waals surface area contributed by atoms with Gasteiger partial charge in [-0.1, -0.05) is 28.8 Å². The number of halogens is 2. The predicted molar refractivity (Wildman–Crippen MR) is 75.9 cm³/mol. The van der Waals surface area contributed by atoms with Crippen LogP contribution in [0.3, 0.4) is 0 Å². The van der Waals surface area contributed by atoms with Gasteiger partial charge in [0.05, 0.1) is 0 Å². The lowest BCUT2D eigenvalue weighted by molar-refractivity contribution is 0.283. The summed E-state index contributed by atoms with van der Waals surface area (Å²) in [6.07, 6.45) is 4.34. The number of aliphatic hydroxyl groups is 1. The van der Waals surface area contributed by atoms with Crippen LogP contribution in [0.2, 0.25) is 0 Å². The van der Waals surface area contributed by atoms with Crippen LogP contribution in [0, 0.1) is 0 Å². The van der Waals surface area contributed by atoms with E-state index < -0.39 is 0 Å². The van der Waals surface area contributed by atoms with Gasteiger partial charge in [-0.3, -0.25) is 0 Å². The zero-order valence-corrected chi connectivity index (χ0v) is 12.3. The molecule has 4 heteroatoms. The van der Waals surface area contributed by atoms with Crippen LogP contribution >= 0.6 is 31.9 Å². The minimum absolute atomic E-state index is 0.311. The maximum absolute atomic E-state index is 8.64. The Balaban J connectivity index is 2.21. The first-order valence-corrected chi connectivity index (χ1v) is 7.12. The first-order chi connectivity index (χ1) is 7.74. The van der Waals surface area contributed by atoms with Crippen LogP contribution in [-0.2, 0) is 0 Å². The lowest BCUT2D eigenvalue weighted by Crippen LogP contribution is -2.02. The van der Waals surface area contributed by atoms with Crippen LogP contribution in [0.25, 0.3) is 0 Å². The first-order valence-electron chi connectivity index (χ1n) is 5.54. The molecule has 2 N–H and O–H groups in total. The molecule has 0 fully saturated rings. The number of hydrogen-bond donors (Lipinski definition) is 2. The van der Waals surface area contributed by atoms with Crippen molar-refractivity contribution in [3.8, 4) is 0 Å². The van der Waals surface area contributed by atoms with E-state index >= 15 is 0 Å². The molecule has 0 radical (unpaired) electrons. The Labute approximate surface area is 114 Å². The highest BCUT2D eigenvalue weighted by atomic mass is 79.9. The summed E-state index contributed by atoms with van der Waals surface area (Å²) in [5.74, 6) is 0. The molecule has 1 rings (SSSR count). The quantitative estimate of drug-likeness (QED) is 0.723. The van der Waals surface area contributed by atoms with Crippen LogP contribution in [-0.4, -0.2) is 18.3 Å². The largest absolute Gasteiger partial charge is 0.396 e. The van der Waals surface area contributed by atoms with Crippen LogP contribution in [0.1, 0.15) is 25.7 Å². The average molecular weight is 351 g/mol. The van der Waals surface area contributed by atoms with Crippen LogP contribution < -0.4 is 5.32 Å². The smallest absolute Gasteiger partial charge is 0.0485 e. The van der Waals surface area contributed by atoms with Gasteiger partial charge < -0.3 is 10.4 Å². The molecule has 0 spiro atoms. The van der Waals surface area contributed by atoms with Crippen molar-refractivity contribution >= 4 is 37.5 Å². The Morgan fingerprint density at radius 3 is 2.50 bits per heavy atom. The summed E-state index contributed by atoms with van der Waals surface area (Å²) in [7, 11) is 0. The van der Waals surface area contributed by atoms with Crippen molar-refractivity contribution in [3.05, 3.63) is 27.1 Å². The van der Waals surface area contributed by atoms with E-state index in [-0.39, 0.29) is 0 Å². The maximum atomic E-state index is 8.64. The number of unbranched alkanes of at least 4 members (excludes halogenated alkanes) is 3. The summed E-state index contributed by atoms with van der Waals surface area (Å²) in [4.78, 5) is 0. The number of hydrogen-bond acceptors (Lipinski definition) is 2. The molecule has 0 unspecified atom stereocenters. The Hall–Kier alpha value is -0.0600. The molecule has 0 aromatic heterocycles. The van der Waals surface area contributed by atoms with Gasteiger partial charge in [0, 0.05) is 27.8 Å². The van der Waals surface area contributed by atoms with E-state index in [9.17, 15) is 0 Å². The van der Waals surface area contributed by atoms with Crippen molar-refractivity contribution < 1.29 is 5.11 Å². The number of nitrogens with one attached hydrogen (secondary N) is 1. The fourth-order valence-corrected chi connectivity index (χ4v) is 2.63. The zero-order chi connectivity index (χ0) is 11.8. The van der Waals surface area contributed by atoms with Crippen LogP contribution in [0.15, 0.2) is 27.1 Å². The van der Waals surface area contributed by atoms with Gasteiger partial charge in [-0.25, -0.2) is 0 Å². The van der Waals surface area contributed by atoms with Gasteiger partial charge in [-0.05, 0) is 47.0 Å². The molecule has 0 heterocycles. The van der Waals surface area contributed by atoms with E-state index in [1.807, 2.05) is 12.1 Å². The molecule has 0 saturated carbocycles. The highest BCUT2D eigenvalue weighted by molar-refractivity contribution is 9.11. The first kappa shape index (κ1) is 14.0. The van der Waals surface area contributed by atoms with E-state index in [0.717, 1.165) is 40.4 Å². The summed E-state index contributed by atoms with van der Waals surface area (Å²) < 4.78 is 2.16. The summed E-state index contributed by atoms with van der Waals surface area (Å²) in [6.45, 7) is 1.29. The second kappa shape index (κ2) is 8.09. The minimum atomic E-state index is 0.311. The molecule has 0 aliphatic rings. The number of aliphatic hydroxyl groups excluding tert-OH is 1.